The smallest absolute Gasteiger partial charge is 0.125 e. The van der Waals surface area contributed by atoms with Gasteiger partial charge in [-0.05, 0) is 42.4 Å². The number of nitrogens with one attached hydrogen (secondary N) is 1. The van der Waals surface area contributed by atoms with Gasteiger partial charge in [0, 0.05) is 19.5 Å². The van der Waals surface area contributed by atoms with Crippen molar-refractivity contribution in [3.63, 3.8) is 0 Å². The first-order valence-electron chi connectivity index (χ1n) is 6.58. The second-order valence-electron chi connectivity index (χ2n) is 4.54. The maximum Gasteiger partial charge on any atom is 0.125 e. The van der Waals surface area contributed by atoms with E-state index < -0.39 is 0 Å². The number of rotatable bonds is 5. The lowest BCUT2D eigenvalue weighted by molar-refractivity contribution is 0.404. The van der Waals surface area contributed by atoms with Crippen molar-refractivity contribution >= 4 is 43.5 Å². The van der Waals surface area contributed by atoms with Crippen molar-refractivity contribution in [2.45, 2.75) is 13.0 Å². The fraction of sp³-hybridized carbons (Fsp3) is 0.250. The van der Waals surface area contributed by atoms with Gasteiger partial charge in [0.1, 0.15) is 5.75 Å². The van der Waals surface area contributed by atoms with E-state index in [0.29, 0.717) is 5.02 Å². The van der Waals surface area contributed by atoms with Crippen LogP contribution in [0.2, 0.25) is 5.02 Å². The van der Waals surface area contributed by atoms with Gasteiger partial charge >= 0.3 is 0 Å². The Morgan fingerprint density at radius 1 is 1.14 bits per heavy atom. The molecule has 0 radical (unpaired) electrons. The molecular formula is C16H16Br2ClNO. The Labute approximate surface area is 147 Å². The summed E-state index contributed by atoms with van der Waals surface area (Å²) in [6, 6.07) is 11.9. The van der Waals surface area contributed by atoms with E-state index >= 15 is 0 Å². The molecule has 5 heteroatoms. The zero-order valence-corrected chi connectivity index (χ0v) is 15.7. The predicted octanol–water partition coefficient (Wildman–Crippen LogP) is 5.57. The number of halogens is 3. The van der Waals surface area contributed by atoms with Crippen LogP contribution in [0.15, 0.2) is 45.3 Å². The number of ether oxygens (including phenoxy) is 1. The van der Waals surface area contributed by atoms with Crippen LogP contribution in [0.3, 0.4) is 0 Å². The van der Waals surface area contributed by atoms with Crippen LogP contribution in [-0.2, 0) is 0 Å². The second kappa shape index (κ2) is 7.63. The highest BCUT2D eigenvalue weighted by molar-refractivity contribution is 9.11. The molecule has 112 valence electrons. The maximum absolute atomic E-state index is 6.06. The predicted molar refractivity (Wildman–Crippen MR) is 95.4 cm³/mol. The molecule has 2 nitrogen and oxygen atoms in total. The van der Waals surface area contributed by atoms with Gasteiger partial charge in [0.05, 0.1) is 13.2 Å². The standard InChI is InChI=1S/C16H16Br2ClNO/c1-3-20-16(13-8-10(17)4-7-14(13)18)12-6-5-11(19)9-15(12)21-2/h4-9,16,20H,3H2,1-2H3. The second-order valence-corrected chi connectivity index (χ2v) is 6.75. The molecule has 0 aliphatic rings. The lowest BCUT2D eigenvalue weighted by Crippen LogP contribution is -2.23. The molecule has 1 atom stereocenters. The summed E-state index contributed by atoms with van der Waals surface area (Å²) in [7, 11) is 1.66. The first-order valence-corrected chi connectivity index (χ1v) is 8.55. The third-order valence-electron chi connectivity index (χ3n) is 3.18. The third-order valence-corrected chi connectivity index (χ3v) is 4.63. The van der Waals surface area contributed by atoms with Crippen molar-refractivity contribution in [2.75, 3.05) is 13.7 Å². The average molecular weight is 434 g/mol. The molecule has 2 aromatic carbocycles. The largest absolute Gasteiger partial charge is 0.496 e. The van der Waals surface area contributed by atoms with Gasteiger partial charge in [-0.25, -0.2) is 0 Å². The van der Waals surface area contributed by atoms with Crippen molar-refractivity contribution in [1.82, 2.24) is 5.32 Å². The van der Waals surface area contributed by atoms with Gasteiger partial charge in [-0.2, -0.15) is 0 Å². The summed E-state index contributed by atoms with van der Waals surface area (Å²) in [6.45, 7) is 2.93. The van der Waals surface area contributed by atoms with Gasteiger partial charge in [-0.3, -0.25) is 0 Å². The van der Waals surface area contributed by atoms with Crippen LogP contribution in [0.25, 0.3) is 0 Å². The summed E-state index contributed by atoms with van der Waals surface area (Å²) in [4.78, 5) is 0. The van der Waals surface area contributed by atoms with Crippen LogP contribution < -0.4 is 10.1 Å². The van der Waals surface area contributed by atoms with E-state index in [1.165, 1.54) is 0 Å². The highest BCUT2D eigenvalue weighted by Gasteiger charge is 2.20. The molecule has 0 aliphatic carbocycles. The molecule has 2 rings (SSSR count). The molecule has 0 heterocycles. The Morgan fingerprint density at radius 3 is 2.57 bits per heavy atom. The molecule has 0 spiro atoms. The lowest BCUT2D eigenvalue weighted by atomic mass is 9.97. The molecule has 0 saturated carbocycles. The van der Waals surface area contributed by atoms with Gasteiger partial charge < -0.3 is 10.1 Å². The van der Waals surface area contributed by atoms with E-state index in [4.69, 9.17) is 16.3 Å². The molecule has 0 aromatic heterocycles. The summed E-state index contributed by atoms with van der Waals surface area (Å²) in [5.41, 5.74) is 2.20. The Kier molecular flexibility index (Phi) is 6.11. The van der Waals surface area contributed by atoms with Crippen molar-refractivity contribution in [3.8, 4) is 5.75 Å². The van der Waals surface area contributed by atoms with E-state index in [1.807, 2.05) is 30.3 Å². The molecule has 21 heavy (non-hydrogen) atoms. The van der Waals surface area contributed by atoms with E-state index in [2.05, 4.69) is 50.2 Å². The van der Waals surface area contributed by atoms with Crippen LogP contribution in [0.4, 0.5) is 0 Å². The Hall–Kier alpha value is -0.550. The quantitative estimate of drug-likeness (QED) is 0.665. The molecule has 1 unspecified atom stereocenters. The Balaban J connectivity index is 2.55. The first-order chi connectivity index (χ1) is 10.1. The molecule has 0 fully saturated rings. The Bertz CT molecular complexity index is 634. The highest BCUT2D eigenvalue weighted by atomic mass is 79.9. The topological polar surface area (TPSA) is 21.3 Å². The number of hydrogen-bond acceptors (Lipinski definition) is 2. The SMILES string of the molecule is CCNC(c1cc(Br)ccc1Br)c1ccc(Cl)cc1OC. The monoisotopic (exact) mass is 431 g/mol. The van der Waals surface area contributed by atoms with Crippen molar-refractivity contribution in [3.05, 3.63) is 61.5 Å². The van der Waals surface area contributed by atoms with Gasteiger partial charge in [-0.1, -0.05) is 56.5 Å². The summed E-state index contributed by atoms with van der Waals surface area (Å²) < 4.78 is 7.58. The van der Waals surface area contributed by atoms with E-state index in [0.717, 1.165) is 32.4 Å². The summed E-state index contributed by atoms with van der Waals surface area (Å²) in [6.07, 6.45) is 0. The van der Waals surface area contributed by atoms with E-state index in [9.17, 15) is 0 Å². The summed E-state index contributed by atoms with van der Waals surface area (Å²) in [5.74, 6) is 0.778. The zero-order chi connectivity index (χ0) is 15.4. The number of methoxy groups -OCH3 is 1. The third kappa shape index (κ3) is 4.01. The van der Waals surface area contributed by atoms with Crippen LogP contribution in [0.1, 0.15) is 24.1 Å². The van der Waals surface area contributed by atoms with Crippen molar-refractivity contribution in [2.24, 2.45) is 0 Å². The van der Waals surface area contributed by atoms with Crippen LogP contribution in [0, 0.1) is 0 Å². The molecule has 0 saturated heterocycles. The maximum atomic E-state index is 6.06. The Morgan fingerprint density at radius 2 is 1.90 bits per heavy atom. The normalized spacial score (nSPS) is 12.2. The van der Waals surface area contributed by atoms with Gasteiger partial charge in [0.15, 0.2) is 0 Å². The van der Waals surface area contributed by atoms with E-state index in [1.54, 1.807) is 7.11 Å². The van der Waals surface area contributed by atoms with Gasteiger partial charge in [0.2, 0.25) is 0 Å². The molecule has 0 aliphatic heterocycles. The molecule has 2 aromatic rings. The van der Waals surface area contributed by atoms with Gasteiger partial charge in [0.25, 0.3) is 0 Å². The fourth-order valence-electron chi connectivity index (χ4n) is 2.25. The fourth-order valence-corrected chi connectivity index (χ4v) is 3.27. The van der Waals surface area contributed by atoms with Crippen LogP contribution in [-0.4, -0.2) is 13.7 Å². The summed E-state index contributed by atoms with van der Waals surface area (Å²) in [5, 5.41) is 4.17. The first kappa shape index (κ1) is 16.8. The van der Waals surface area contributed by atoms with Crippen LogP contribution >= 0.6 is 43.5 Å². The van der Waals surface area contributed by atoms with Crippen molar-refractivity contribution in [1.29, 1.82) is 0 Å². The van der Waals surface area contributed by atoms with Crippen molar-refractivity contribution < 1.29 is 4.74 Å². The van der Waals surface area contributed by atoms with Gasteiger partial charge in [-0.15, -0.1) is 0 Å². The minimum absolute atomic E-state index is 0.0223. The number of hydrogen-bond donors (Lipinski definition) is 1. The molecular weight excluding hydrogens is 417 g/mol. The molecule has 1 N–H and O–H groups in total. The minimum Gasteiger partial charge on any atom is -0.496 e. The highest BCUT2D eigenvalue weighted by Crippen LogP contribution is 2.36. The number of benzene rings is 2. The zero-order valence-electron chi connectivity index (χ0n) is 11.8. The lowest BCUT2D eigenvalue weighted by Gasteiger charge is -2.23. The molecule has 0 amide bonds. The summed E-state index contributed by atoms with van der Waals surface area (Å²) >= 11 is 13.2. The minimum atomic E-state index is 0.0223. The molecule has 0 bridgehead atoms. The van der Waals surface area contributed by atoms with E-state index in [-0.39, 0.29) is 6.04 Å². The van der Waals surface area contributed by atoms with Crippen LogP contribution in [0.5, 0.6) is 5.75 Å². The average Bonchev–Trinajstić information content (AvgIpc) is 2.48.